The first-order chi connectivity index (χ1) is 15.7. The molecule has 1 saturated carbocycles. The Morgan fingerprint density at radius 2 is 2.00 bits per heavy atom. The number of hydrogen-bond acceptors (Lipinski definition) is 6. The van der Waals surface area contributed by atoms with Crippen LogP contribution in [0.25, 0.3) is 0 Å². The van der Waals surface area contributed by atoms with Gasteiger partial charge in [0.2, 0.25) is 11.7 Å². The first kappa shape index (κ1) is 23.4. The standard InChI is InChI=1S/C25H35NO6S/c1-15-8-9-20-16(2)21(10-11-22(27)26-17-6-5-7-18(14-17)33(4)28)29-23-25(20)19(15)12-13-24(3,30-23)31-32-25/h5-7,14-16,19-21,23H,8-13H2,1-4H3,(H,26,27)/t15-,16-,19+,20+,21-,23-,24+,25-,33+/m1/s1. The monoisotopic (exact) mass is 477 g/mol. The van der Waals surface area contributed by atoms with Gasteiger partial charge in [-0.05, 0) is 68.6 Å². The van der Waals surface area contributed by atoms with E-state index in [9.17, 15) is 9.00 Å². The maximum atomic E-state index is 12.7. The minimum absolute atomic E-state index is 0.0740. The van der Waals surface area contributed by atoms with Gasteiger partial charge < -0.3 is 14.8 Å². The molecule has 5 fully saturated rings. The van der Waals surface area contributed by atoms with Crippen LogP contribution in [0.1, 0.15) is 59.3 Å². The molecule has 2 bridgehead atoms. The van der Waals surface area contributed by atoms with Crippen molar-refractivity contribution in [3.63, 3.8) is 0 Å². The Bertz CT molecular complexity index is 941. The normalized spacial score (nSPS) is 42.8. The minimum atomic E-state index is -1.09. The molecule has 1 spiro atoms. The summed E-state index contributed by atoms with van der Waals surface area (Å²) in [6.07, 6.45) is 6.02. The second kappa shape index (κ2) is 8.72. The second-order valence-electron chi connectivity index (χ2n) is 10.5. The van der Waals surface area contributed by atoms with Crippen LogP contribution in [-0.2, 0) is 34.8 Å². The van der Waals surface area contributed by atoms with Crippen molar-refractivity contribution < 1.29 is 28.3 Å². The summed E-state index contributed by atoms with van der Waals surface area (Å²) in [6.45, 7) is 6.45. The molecule has 5 aliphatic rings. The molecule has 1 aliphatic carbocycles. The van der Waals surface area contributed by atoms with Gasteiger partial charge in [0.15, 0.2) is 11.9 Å². The molecule has 33 heavy (non-hydrogen) atoms. The number of ether oxygens (including phenoxy) is 2. The lowest BCUT2D eigenvalue weighted by atomic mass is 9.57. The molecule has 1 N–H and O–H groups in total. The van der Waals surface area contributed by atoms with E-state index in [1.807, 2.05) is 13.0 Å². The van der Waals surface area contributed by atoms with Gasteiger partial charge >= 0.3 is 0 Å². The number of carbonyl (C=O) groups is 1. The quantitative estimate of drug-likeness (QED) is 0.633. The Labute approximate surface area is 198 Å². The molecule has 1 amide bonds. The van der Waals surface area contributed by atoms with Gasteiger partial charge in [-0.1, -0.05) is 19.9 Å². The van der Waals surface area contributed by atoms with Gasteiger partial charge in [-0.3, -0.25) is 9.00 Å². The van der Waals surface area contributed by atoms with E-state index in [1.54, 1.807) is 24.5 Å². The number of anilines is 1. The van der Waals surface area contributed by atoms with Crippen LogP contribution in [0.2, 0.25) is 0 Å². The van der Waals surface area contributed by atoms with E-state index in [-0.39, 0.29) is 23.8 Å². The Morgan fingerprint density at radius 3 is 2.79 bits per heavy atom. The summed E-state index contributed by atoms with van der Waals surface area (Å²) in [6, 6.07) is 7.17. The summed E-state index contributed by atoms with van der Waals surface area (Å²) in [7, 11) is -1.09. The Hall–Kier alpha value is -1.32. The number of hydrogen-bond donors (Lipinski definition) is 1. The van der Waals surface area contributed by atoms with Crippen molar-refractivity contribution in [2.24, 2.45) is 23.7 Å². The first-order valence-electron chi connectivity index (χ1n) is 12.2. The van der Waals surface area contributed by atoms with Crippen molar-refractivity contribution >= 4 is 22.4 Å². The van der Waals surface area contributed by atoms with Crippen LogP contribution in [0.3, 0.4) is 0 Å². The van der Waals surface area contributed by atoms with Crippen molar-refractivity contribution in [3.8, 4) is 0 Å². The van der Waals surface area contributed by atoms with Gasteiger partial charge in [0.05, 0.1) is 6.10 Å². The zero-order valence-electron chi connectivity index (χ0n) is 19.9. The molecule has 8 heteroatoms. The van der Waals surface area contributed by atoms with Crippen molar-refractivity contribution in [1.29, 1.82) is 0 Å². The summed E-state index contributed by atoms with van der Waals surface area (Å²) in [5.41, 5.74) is 0.0958. The highest BCUT2D eigenvalue weighted by atomic mass is 32.2. The van der Waals surface area contributed by atoms with Crippen LogP contribution in [0, 0.1) is 23.7 Å². The molecule has 9 atom stereocenters. The van der Waals surface area contributed by atoms with E-state index in [0.717, 1.165) is 25.7 Å². The summed E-state index contributed by atoms with van der Waals surface area (Å²) >= 11 is 0. The number of carbonyl (C=O) groups excluding carboxylic acids is 1. The highest BCUT2D eigenvalue weighted by molar-refractivity contribution is 7.84. The molecule has 1 aromatic carbocycles. The molecular weight excluding hydrogens is 442 g/mol. The van der Waals surface area contributed by atoms with Gasteiger partial charge in [0.1, 0.15) is 0 Å². The SMILES string of the molecule is C[C@H]1[C@@H](CCC(=O)Nc2cccc([S@](C)=O)c2)O[C@@H]2O[C@]3(C)CC[C@H]4[C@H](C)CC[C@@H]1[C@@]24OO3. The number of nitrogens with one attached hydrogen (secondary N) is 1. The molecule has 182 valence electrons. The van der Waals surface area contributed by atoms with E-state index in [0.29, 0.717) is 35.3 Å². The van der Waals surface area contributed by atoms with Gasteiger partial charge in [0.25, 0.3) is 0 Å². The van der Waals surface area contributed by atoms with Crippen LogP contribution in [0.5, 0.6) is 0 Å². The van der Waals surface area contributed by atoms with E-state index in [2.05, 4.69) is 19.2 Å². The molecule has 4 heterocycles. The maximum absolute atomic E-state index is 12.7. The van der Waals surface area contributed by atoms with Crippen molar-refractivity contribution in [3.05, 3.63) is 24.3 Å². The fourth-order valence-corrected chi connectivity index (χ4v) is 7.12. The van der Waals surface area contributed by atoms with Crippen LogP contribution in [0.15, 0.2) is 29.2 Å². The van der Waals surface area contributed by atoms with E-state index in [4.69, 9.17) is 19.2 Å². The van der Waals surface area contributed by atoms with Crippen LogP contribution in [-0.4, -0.2) is 40.2 Å². The third-order valence-electron chi connectivity index (χ3n) is 8.40. The highest BCUT2D eigenvalue weighted by Crippen LogP contribution is 2.60. The molecule has 6 rings (SSSR count). The lowest BCUT2D eigenvalue weighted by Gasteiger charge is -2.60. The van der Waals surface area contributed by atoms with E-state index in [1.165, 1.54) is 0 Å². The molecular formula is C25H35NO6S. The van der Waals surface area contributed by atoms with Gasteiger partial charge in [0, 0.05) is 46.4 Å². The van der Waals surface area contributed by atoms with Crippen molar-refractivity contribution in [2.75, 3.05) is 11.6 Å². The molecule has 7 nitrogen and oxygen atoms in total. The minimum Gasteiger partial charge on any atom is -0.346 e. The smallest absolute Gasteiger partial charge is 0.224 e. The molecule has 1 aromatic rings. The Kier molecular flexibility index (Phi) is 6.19. The number of amides is 1. The summed E-state index contributed by atoms with van der Waals surface area (Å²) < 4.78 is 24.7. The molecule has 4 aliphatic heterocycles. The number of rotatable bonds is 5. The zero-order valence-corrected chi connectivity index (χ0v) is 20.7. The summed E-state index contributed by atoms with van der Waals surface area (Å²) in [5.74, 6) is 0.505. The van der Waals surface area contributed by atoms with Gasteiger partial charge in [-0.15, -0.1) is 0 Å². The van der Waals surface area contributed by atoms with Gasteiger partial charge in [-0.2, -0.15) is 0 Å². The third kappa shape index (κ3) is 4.08. The average molecular weight is 478 g/mol. The predicted molar refractivity (Wildman–Crippen MR) is 123 cm³/mol. The molecule has 0 unspecified atom stereocenters. The lowest BCUT2D eigenvalue weighted by molar-refractivity contribution is -0.571. The molecule has 4 saturated heterocycles. The van der Waals surface area contributed by atoms with Crippen molar-refractivity contribution in [1.82, 2.24) is 0 Å². The second-order valence-corrected chi connectivity index (χ2v) is 11.9. The fraction of sp³-hybridized carbons (Fsp3) is 0.720. The lowest BCUT2D eigenvalue weighted by Crippen LogP contribution is -2.70. The fourth-order valence-electron chi connectivity index (χ4n) is 6.56. The summed E-state index contributed by atoms with van der Waals surface area (Å²) in [5, 5.41) is 2.93. The van der Waals surface area contributed by atoms with Crippen LogP contribution < -0.4 is 5.32 Å². The Balaban J connectivity index is 1.29. The number of benzene rings is 1. The molecule has 0 radical (unpaired) electrons. The molecule has 0 aromatic heterocycles. The van der Waals surface area contributed by atoms with Crippen molar-refractivity contribution in [2.45, 2.75) is 88.0 Å². The topological polar surface area (TPSA) is 83.1 Å². The van der Waals surface area contributed by atoms with Crippen LogP contribution >= 0.6 is 0 Å². The Morgan fingerprint density at radius 1 is 1.18 bits per heavy atom. The van der Waals surface area contributed by atoms with Gasteiger partial charge in [-0.25, -0.2) is 9.78 Å². The zero-order chi connectivity index (χ0) is 23.4. The van der Waals surface area contributed by atoms with Crippen LogP contribution in [0.4, 0.5) is 5.69 Å². The summed E-state index contributed by atoms with van der Waals surface area (Å²) in [4.78, 5) is 25.4. The van der Waals surface area contributed by atoms with E-state index < -0.39 is 28.5 Å². The number of fused-ring (bicyclic) bond motifs is 2. The average Bonchev–Trinajstić information content (AvgIpc) is 3.01. The predicted octanol–water partition coefficient (Wildman–Crippen LogP) is 4.39. The highest BCUT2D eigenvalue weighted by Gasteiger charge is 2.69. The maximum Gasteiger partial charge on any atom is 0.224 e. The van der Waals surface area contributed by atoms with E-state index >= 15 is 0 Å². The first-order valence-corrected chi connectivity index (χ1v) is 13.7. The third-order valence-corrected chi connectivity index (χ3v) is 9.32. The largest absolute Gasteiger partial charge is 0.346 e.